The highest BCUT2D eigenvalue weighted by atomic mass is 16.5. The van der Waals surface area contributed by atoms with E-state index in [9.17, 15) is 19.5 Å². The van der Waals surface area contributed by atoms with Gasteiger partial charge in [0.2, 0.25) is 0 Å². The molecule has 41 heavy (non-hydrogen) atoms. The van der Waals surface area contributed by atoms with E-state index in [2.05, 4.69) is 10.3 Å². The van der Waals surface area contributed by atoms with E-state index in [1.807, 2.05) is 24.3 Å². The van der Waals surface area contributed by atoms with Crippen LogP contribution in [-0.2, 0) is 0 Å². The molecule has 9 nitrogen and oxygen atoms in total. The van der Waals surface area contributed by atoms with Crippen molar-refractivity contribution >= 4 is 23.6 Å². The summed E-state index contributed by atoms with van der Waals surface area (Å²) in [5, 5.41) is 12.1. The van der Waals surface area contributed by atoms with Gasteiger partial charge < -0.3 is 25.0 Å². The topological polar surface area (TPSA) is 112 Å². The third-order valence-corrected chi connectivity index (χ3v) is 7.89. The van der Waals surface area contributed by atoms with Crippen molar-refractivity contribution in [3.05, 3.63) is 78.1 Å². The van der Waals surface area contributed by atoms with Gasteiger partial charge in [0.1, 0.15) is 5.75 Å². The summed E-state index contributed by atoms with van der Waals surface area (Å²) >= 11 is 0. The summed E-state index contributed by atoms with van der Waals surface area (Å²) in [5.41, 5.74) is 2.67. The zero-order chi connectivity index (χ0) is 28.6. The number of benzene rings is 2. The van der Waals surface area contributed by atoms with Crippen molar-refractivity contribution in [2.75, 3.05) is 38.1 Å². The van der Waals surface area contributed by atoms with E-state index >= 15 is 0 Å². The highest BCUT2D eigenvalue weighted by molar-refractivity contribution is 5.95. The molecule has 2 N–H and O–H groups in total. The smallest absolute Gasteiger partial charge is 0.335 e. The number of amides is 3. The Balaban J connectivity index is 1.12. The number of hydrogen-bond donors (Lipinski definition) is 2. The second-order valence-electron chi connectivity index (χ2n) is 10.7. The molecule has 214 valence electrons. The van der Waals surface area contributed by atoms with Crippen LogP contribution in [0.2, 0.25) is 0 Å². The Bertz CT molecular complexity index is 1380. The second kappa shape index (κ2) is 13.3. The number of rotatable bonds is 8. The highest BCUT2D eigenvalue weighted by Gasteiger charge is 2.25. The zero-order valence-corrected chi connectivity index (χ0v) is 23.1. The molecule has 1 aromatic heterocycles. The number of ether oxygens (including phenoxy) is 1. The first-order valence-corrected chi connectivity index (χ1v) is 14.3. The number of carbonyl (C=O) groups is 3. The third-order valence-electron chi connectivity index (χ3n) is 7.89. The number of aromatic carboxylic acids is 1. The molecule has 1 saturated heterocycles. The van der Waals surface area contributed by atoms with Crippen molar-refractivity contribution in [2.24, 2.45) is 5.92 Å². The SMILES string of the molecule is O=C(O)c1cccc(-c2cncc(NC(=O)N3CCN(C(=O)c4cccc(OCCC5CCCCC5)c4)CC3)c2)c1. The lowest BCUT2D eigenvalue weighted by Gasteiger charge is -2.34. The number of carbonyl (C=O) groups excluding carboxylic acids is 2. The lowest BCUT2D eigenvalue weighted by atomic mass is 9.87. The highest BCUT2D eigenvalue weighted by Crippen LogP contribution is 2.27. The van der Waals surface area contributed by atoms with Crippen molar-refractivity contribution in [3.8, 4) is 16.9 Å². The van der Waals surface area contributed by atoms with Gasteiger partial charge in [-0.15, -0.1) is 0 Å². The van der Waals surface area contributed by atoms with E-state index in [4.69, 9.17) is 4.74 Å². The van der Waals surface area contributed by atoms with Crippen LogP contribution < -0.4 is 10.1 Å². The molecule has 0 atom stereocenters. The maximum atomic E-state index is 13.2. The molecule has 2 aliphatic rings. The van der Waals surface area contributed by atoms with E-state index in [1.165, 1.54) is 38.2 Å². The molecule has 0 unspecified atom stereocenters. The Hall–Kier alpha value is -4.40. The number of anilines is 1. The maximum absolute atomic E-state index is 13.2. The van der Waals surface area contributed by atoms with Crippen molar-refractivity contribution in [1.29, 1.82) is 0 Å². The van der Waals surface area contributed by atoms with Crippen LogP contribution in [0.15, 0.2) is 67.0 Å². The molecule has 9 heteroatoms. The summed E-state index contributed by atoms with van der Waals surface area (Å²) in [4.78, 5) is 45.1. The molecule has 3 amide bonds. The predicted molar refractivity (Wildman–Crippen MR) is 156 cm³/mol. The number of carboxylic acid groups (broad SMARTS) is 1. The number of nitrogens with zero attached hydrogens (tertiary/aromatic N) is 3. The average molecular weight is 557 g/mol. The van der Waals surface area contributed by atoms with Gasteiger partial charge in [0.25, 0.3) is 5.91 Å². The van der Waals surface area contributed by atoms with Gasteiger partial charge in [0.15, 0.2) is 0 Å². The van der Waals surface area contributed by atoms with Gasteiger partial charge in [-0.1, -0.05) is 50.3 Å². The number of aromatic nitrogens is 1. The number of carboxylic acids is 1. The average Bonchev–Trinajstić information content (AvgIpc) is 3.01. The first-order chi connectivity index (χ1) is 20.0. The minimum absolute atomic E-state index is 0.0664. The van der Waals surface area contributed by atoms with Crippen LogP contribution in [0, 0.1) is 5.92 Å². The van der Waals surface area contributed by atoms with E-state index < -0.39 is 5.97 Å². The first-order valence-electron chi connectivity index (χ1n) is 14.3. The minimum Gasteiger partial charge on any atom is -0.494 e. The number of urea groups is 1. The summed E-state index contributed by atoms with van der Waals surface area (Å²) < 4.78 is 5.98. The molecule has 2 heterocycles. The molecule has 1 aliphatic carbocycles. The van der Waals surface area contributed by atoms with Crippen LogP contribution in [0.4, 0.5) is 10.5 Å². The molecule has 0 radical (unpaired) electrons. The number of pyridine rings is 1. The monoisotopic (exact) mass is 556 g/mol. The summed E-state index contributed by atoms with van der Waals surface area (Å²) in [6.45, 7) is 2.34. The van der Waals surface area contributed by atoms with Crippen LogP contribution in [0.25, 0.3) is 11.1 Å². The second-order valence-corrected chi connectivity index (χ2v) is 10.7. The fraction of sp³-hybridized carbons (Fsp3) is 0.375. The van der Waals surface area contributed by atoms with Crippen LogP contribution in [-0.4, -0.2) is 70.6 Å². The van der Waals surface area contributed by atoms with Gasteiger partial charge in [0.05, 0.1) is 24.1 Å². The van der Waals surface area contributed by atoms with Crippen LogP contribution in [0.5, 0.6) is 5.75 Å². The summed E-state index contributed by atoms with van der Waals surface area (Å²) in [7, 11) is 0. The Morgan fingerprint density at radius 2 is 1.59 bits per heavy atom. The molecule has 0 spiro atoms. The maximum Gasteiger partial charge on any atom is 0.335 e. The fourth-order valence-corrected chi connectivity index (χ4v) is 5.53. The zero-order valence-electron chi connectivity index (χ0n) is 23.1. The summed E-state index contributed by atoms with van der Waals surface area (Å²) in [6.07, 6.45) is 10.8. The van der Waals surface area contributed by atoms with Gasteiger partial charge in [-0.2, -0.15) is 0 Å². The Kier molecular flexibility index (Phi) is 9.13. The number of piperazine rings is 1. The van der Waals surface area contributed by atoms with Gasteiger partial charge in [-0.05, 0) is 54.3 Å². The van der Waals surface area contributed by atoms with Crippen molar-refractivity contribution < 1.29 is 24.2 Å². The van der Waals surface area contributed by atoms with E-state index in [0.29, 0.717) is 55.2 Å². The Morgan fingerprint density at radius 1 is 0.854 bits per heavy atom. The molecular weight excluding hydrogens is 520 g/mol. The normalized spacial score (nSPS) is 15.8. The quantitative estimate of drug-likeness (QED) is 0.364. The predicted octanol–water partition coefficient (Wildman–Crippen LogP) is 5.79. The van der Waals surface area contributed by atoms with Gasteiger partial charge >= 0.3 is 12.0 Å². The van der Waals surface area contributed by atoms with E-state index in [0.717, 1.165) is 18.1 Å². The van der Waals surface area contributed by atoms with Crippen molar-refractivity contribution in [2.45, 2.75) is 38.5 Å². The molecule has 1 aliphatic heterocycles. The Labute approximate surface area is 240 Å². The molecule has 1 saturated carbocycles. The van der Waals surface area contributed by atoms with Crippen LogP contribution in [0.1, 0.15) is 59.2 Å². The molecule has 0 bridgehead atoms. The number of nitrogens with one attached hydrogen (secondary N) is 1. The van der Waals surface area contributed by atoms with Gasteiger partial charge in [-0.3, -0.25) is 9.78 Å². The molecule has 3 aromatic rings. The van der Waals surface area contributed by atoms with E-state index in [-0.39, 0.29) is 17.5 Å². The number of hydrogen-bond acceptors (Lipinski definition) is 5. The molecular formula is C32H36N4O5. The minimum atomic E-state index is -1.01. The van der Waals surface area contributed by atoms with Gasteiger partial charge in [-0.25, -0.2) is 9.59 Å². The molecule has 2 fully saturated rings. The van der Waals surface area contributed by atoms with Gasteiger partial charge in [0, 0.05) is 43.5 Å². The lowest BCUT2D eigenvalue weighted by molar-refractivity contribution is 0.0669. The van der Waals surface area contributed by atoms with Crippen molar-refractivity contribution in [3.63, 3.8) is 0 Å². The summed E-state index contributed by atoms with van der Waals surface area (Å²) in [6, 6.07) is 15.4. The largest absolute Gasteiger partial charge is 0.494 e. The van der Waals surface area contributed by atoms with Crippen LogP contribution >= 0.6 is 0 Å². The lowest BCUT2D eigenvalue weighted by Crippen LogP contribution is -2.51. The van der Waals surface area contributed by atoms with Crippen LogP contribution in [0.3, 0.4) is 0 Å². The molecule has 2 aromatic carbocycles. The molecule has 5 rings (SSSR count). The van der Waals surface area contributed by atoms with E-state index in [1.54, 1.807) is 46.5 Å². The third kappa shape index (κ3) is 7.42. The summed E-state index contributed by atoms with van der Waals surface area (Å²) in [5.74, 6) is 0.393. The first kappa shape index (κ1) is 28.1. The fourth-order valence-electron chi connectivity index (χ4n) is 5.53. The van der Waals surface area contributed by atoms with Crippen molar-refractivity contribution in [1.82, 2.24) is 14.8 Å². The Morgan fingerprint density at radius 3 is 2.37 bits per heavy atom. The standard InChI is InChI=1S/C32H36N4O5/c37-30(25-9-5-11-29(20-25)41-17-12-23-6-2-1-3-7-23)35-13-15-36(16-14-35)32(40)34-28-19-27(21-33-22-28)24-8-4-10-26(18-24)31(38)39/h4-5,8-11,18-23H,1-3,6-7,12-17H2,(H,34,40)(H,38,39).